The molecular weight excluding hydrogens is 268 g/mol. The summed E-state index contributed by atoms with van der Waals surface area (Å²) in [6.45, 7) is 2.75. The fourth-order valence-electron chi connectivity index (χ4n) is 2.04. The molecule has 0 heterocycles. The highest BCUT2D eigenvalue weighted by Gasteiger charge is 2.19. The molecular formula is C16H18N2O3. The second-order valence-corrected chi connectivity index (χ2v) is 4.73. The largest absolute Gasteiger partial charge is 0.504 e. The van der Waals surface area contributed by atoms with Gasteiger partial charge in [-0.05, 0) is 36.8 Å². The van der Waals surface area contributed by atoms with E-state index in [1.807, 2.05) is 19.1 Å². The molecule has 5 heteroatoms. The number of hydrogen-bond acceptors (Lipinski definition) is 4. The van der Waals surface area contributed by atoms with Crippen LogP contribution in [0.5, 0.6) is 11.5 Å². The fourth-order valence-corrected chi connectivity index (χ4v) is 2.04. The van der Waals surface area contributed by atoms with Crippen molar-refractivity contribution in [2.75, 3.05) is 12.3 Å². The molecule has 0 unspecified atom stereocenters. The zero-order valence-corrected chi connectivity index (χ0v) is 11.8. The minimum absolute atomic E-state index is 0.0901. The van der Waals surface area contributed by atoms with E-state index >= 15 is 0 Å². The lowest BCUT2D eigenvalue weighted by atomic mass is 10.1. The van der Waals surface area contributed by atoms with Gasteiger partial charge in [-0.15, -0.1) is 0 Å². The van der Waals surface area contributed by atoms with E-state index in [0.717, 1.165) is 5.56 Å². The van der Waals surface area contributed by atoms with Crippen molar-refractivity contribution in [2.45, 2.75) is 13.5 Å². The standard InChI is InChI=1S/C16H18N2O3/c1-2-18(10-11-6-8-12(17)9-7-11)16(21)13-4-3-5-14(19)15(13)20/h3-9,19-20H,2,10,17H2,1H3. The number of nitrogen functional groups attached to an aromatic ring is 1. The van der Waals surface area contributed by atoms with E-state index in [1.54, 1.807) is 17.0 Å². The fraction of sp³-hybridized carbons (Fsp3) is 0.188. The molecule has 0 atom stereocenters. The minimum atomic E-state index is -0.391. The third-order valence-corrected chi connectivity index (χ3v) is 3.27. The van der Waals surface area contributed by atoms with Gasteiger partial charge >= 0.3 is 0 Å². The van der Waals surface area contributed by atoms with Crippen LogP contribution in [0, 0.1) is 0 Å². The average Bonchev–Trinajstić information content (AvgIpc) is 2.49. The molecule has 2 rings (SSSR count). The van der Waals surface area contributed by atoms with Gasteiger partial charge in [0.2, 0.25) is 0 Å². The summed E-state index contributed by atoms with van der Waals surface area (Å²) in [5, 5.41) is 19.3. The molecule has 0 aliphatic heterocycles. The van der Waals surface area contributed by atoms with Gasteiger partial charge in [0.1, 0.15) is 0 Å². The van der Waals surface area contributed by atoms with Gasteiger partial charge in [0.25, 0.3) is 5.91 Å². The van der Waals surface area contributed by atoms with Gasteiger partial charge in [-0.1, -0.05) is 18.2 Å². The van der Waals surface area contributed by atoms with Gasteiger partial charge in [0.15, 0.2) is 11.5 Å². The van der Waals surface area contributed by atoms with Crippen LogP contribution in [0.1, 0.15) is 22.8 Å². The summed E-state index contributed by atoms with van der Waals surface area (Å²) in [5.41, 5.74) is 7.34. The molecule has 110 valence electrons. The first-order valence-corrected chi connectivity index (χ1v) is 6.67. The summed E-state index contributed by atoms with van der Waals surface area (Å²) in [6.07, 6.45) is 0. The first-order chi connectivity index (χ1) is 10.0. The number of anilines is 1. The van der Waals surface area contributed by atoms with Gasteiger partial charge in [-0.3, -0.25) is 4.79 Å². The van der Waals surface area contributed by atoms with Crippen LogP contribution >= 0.6 is 0 Å². The summed E-state index contributed by atoms with van der Waals surface area (Å²) < 4.78 is 0. The van der Waals surface area contributed by atoms with Crippen molar-refractivity contribution in [3.8, 4) is 11.5 Å². The van der Waals surface area contributed by atoms with Crippen molar-refractivity contribution in [3.05, 3.63) is 53.6 Å². The van der Waals surface area contributed by atoms with E-state index in [9.17, 15) is 15.0 Å². The number of benzene rings is 2. The molecule has 2 aromatic rings. The Balaban J connectivity index is 2.22. The van der Waals surface area contributed by atoms with E-state index in [4.69, 9.17) is 5.73 Å². The molecule has 0 bridgehead atoms. The minimum Gasteiger partial charge on any atom is -0.504 e. The number of para-hydroxylation sites is 1. The van der Waals surface area contributed by atoms with Crippen molar-refractivity contribution < 1.29 is 15.0 Å². The molecule has 0 aromatic heterocycles. The molecule has 0 saturated heterocycles. The SMILES string of the molecule is CCN(Cc1ccc(N)cc1)C(=O)c1cccc(O)c1O. The van der Waals surface area contributed by atoms with Crippen molar-refractivity contribution in [3.63, 3.8) is 0 Å². The molecule has 4 N–H and O–H groups in total. The Morgan fingerprint density at radius 3 is 2.43 bits per heavy atom. The van der Waals surface area contributed by atoms with E-state index in [-0.39, 0.29) is 17.2 Å². The Kier molecular flexibility index (Phi) is 4.33. The number of hydrogen-bond donors (Lipinski definition) is 3. The predicted octanol–water partition coefficient (Wildman–Crippen LogP) is 2.34. The normalized spacial score (nSPS) is 10.3. The molecule has 0 saturated carbocycles. The third-order valence-electron chi connectivity index (χ3n) is 3.27. The van der Waals surface area contributed by atoms with Crippen LogP contribution in [0.15, 0.2) is 42.5 Å². The molecule has 1 amide bonds. The second kappa shape index (κ2) is 6.17. The molecule has 0 aliphatic rings. The highest BCUT2D eigenvalue weighted by atomic mass is 16.3. The van der Waals surface area contributed by atoms with Gasteiger partial charge in [0, 0.05) is 18.8 Å². The summed E-state index contributed by atoms with van der Waals surface area (Å²) >= 11 is 0. The summed E-state index contributed by atoms with van der Waals surface area (Å²) in [7, 11) is 0. The number of amides is 1. The molecule has 0 aliphatic carbocycles. The number of carbonyl (C=O) groups is 1. The molecule has 0 radical (unpaired) electrons. The monoisotopic (exact) mass is 286 g/mol. The summed E-state index contributed by atoms with van der Waals surface area (Å²) in [6, 6.07) is 11.6. The van der Waals surface area contributed by atoms with E-state index in [0.29, 0.717) is 18.8 Å². The Labute approximate surface area is 123 Å². The molecule has 0 fully saturated rings. The molecule has 21 heavy (non-hydrogen) atoms. The summed E-state index contributed by atoms with van der Waals surface area (Å²) in [4.78, 5) is 14.0. The molecule has 2 aromatic carbocycles. The van der Waals surface area contributed by atoms with Gasteiger partial charge in [0.05, 0.1) is 5.56 Å². The van der Waals surface area contributed by atoms with Crippen LogP contribution in [0.2, 0.25) is 0 Å². The van der Waals surface area contributed by atoms with E-state index < -0.39 is 5.75 Å². The second-order valence-electron chi connectivity index (χ2n) is 4.73. The Morgan fingerprint density at radius 1 is 1.14 bits per heavy atom. The Hall–Kier alpha value is -2.69. The van der Waals surface area contributed by atoms with E-state index in [2.05, 4.69) is 0 Å². The highest BCUT2D eigenvalue weighted by molar-refractivity contribution is 5.97. The lowest BCUT2D eigenvalue weighted by Crippen LogP contribution is -2.30. The number of phenols is 2. The zero-order chi connectivity index (χ0) is 15.4. The molecule has 5 nitrogen and oxygen atoms in total. The van der Waals surface area contributed by atoms with Crippen molar-refractivity contribution in [1.82, 2.24) is 4.90 Å². The van der Waals surface area contributed by atoms with Crippen LogP contribution < -0.4 is 5.73 Å². The number of nitrogens with zero attached hydrogens (tertiary/aromatic N) is 1. The quantitative estimate of drug-likeness (QED) is 0.594. The Bertz CT molecular complexity index is 638. The van der Waals surface area contributed by atoms with Crippen LogP contribution in [0.3, 0.4) is 0 Å². The smallest absolute Gasteiger partial charge is 0.258 e. The van der Waals surface area contributed by atoms with E-state index in [1.165, 1.54) is 18.2 Å². The molecule has 0 spiro atoms. The number of rotatable bonds is 4. The van der Waals surface area contributed by atoms with Crippen LogP contribution in [0.25, 0.3) is 0 Å². The van der Waals surface area contributed by atoms with Gasteiger partial charge < -0.3 is 20.8 Å². The van der Waals surface area contributed by atoms with Crippen LogP contribution in [-0.4, -0.2) is 27.6 Å². The van der Waals surface area contributed by atoms with Crippen LogP contribution in [0.4, 0.5) is 5.69 Å². The topological polar surface area (TPSA) is 86.8 Å². The van der Waals surface area contributed by atoms with Crippen LogP contribution in [-0.2, 0) is 6.54 Å². The number of aromatic hydroxyl groups is 2. The average molecular weight is 286 g/mol. The lowest BCUT2D eigenvalue weighted by molar-refractivity contribution is 0.0749. The lowest BCUT2D eigenvalue weighted by Gasteiger charge is -2.21. The number of phenolic OH excluding ortho intramolecular Hbond substituents is 2. The van der Waals surface area contributed by atoms with Gasteiger partial charge in [-0.25, -0.2) is 0 Å². The number of nitrogens with two attached hydrogens (primary N) is 1. The predicted molar refractivity (Wildman–Crippen MR) is 81.0 cm³/mol. The van der Waals surface area contributed by atoms with Crippen molar-refractivity contribution >= 4 is 11.6 Å². The van der Waals surface area contributed by atoms with Crippen molar-refractivity contribution in [1.29, 1.82) is 0 Å². The highest BCUT2D eigenvalue weighted by Crippen LogP contribution is 2.29. The van der Waals surface area contributed by atoms with Gasteiger partial charge in [-0.2, -0.15) is 0 Å². The third kappa shape index (κ3) is 3.25. The Morgan fingerprint density at radius 2 is 1.81 bits per heavy atom. The maximum absolute atomic E-state index is 12.5. The number of carbonyl (C=O) groups excluding carboxylic acids is 1. The first-order valence-electron chi connectivity index (χ1n) is 6.67. The maximum Gasteiger partial charge on any atom is 0.258 e. The first kappa shape index (κ1) is 14.7. The maximum atomic E-state index is 12.5. The van der Waals surface area contributed by atoms with Crippen molar-refractivity contribution in [2.24, 2.45) is 0 Å². The zero-order valence-electron chi connectivity index (χ0n) is 11.8. The summed E-state index contributed by atoms with van der Waals surface area (Å²) in [5.74, 6) is -1.02.